The molecule has 0 aromatic rings. The molecule has 18 heavy (non-hydrogen) atoms. The lowest BCUT2D eigenvalue weighted by Gasteiger charge is -2.29. The second-order valence-electron chi connectivity index (χ2n) is 6.10. The van der Waals surface area contributed by atoms with Crippen molar-refractivity contribution in [2.45, 2.75) is 58.5 Å². The predicted octanol–water partition coefficient (Wildman–Crippen LogP) is 2.44. The summed E-state index contributed by atoms with van der Waals surface area (Å²) in [5.41, 5.74) is 0. The molecule has 0 aromatic heterocycles. The fourth-order valence-corrected chi connectivity index (χ4v) is 3.01. The SMILES string of the molecule is CC(C)C(C)CC(=O)N1C2CCNCC1CC2.Cl. The third-order valence-corrected chi connectivity index (χ3v) is 4.58. The van der Waals surface area contributed by atoms with Crippen molar-refractivity contribution in [2.75, 3.05) is 13.1 Å². The van der Waals surface area contributed by atoms with Gasteiger partial charge in [0.1, 0.15) is 0 Å². The first-order valence-electron chi connectivity index (χ1n) is 7.11. The number of nitrogens with zero attached hydrogens (tertiary/aromatic N) is 1. The molecular weight excluding hydrogens is 248 g/mol. The molecular formula is C14H27ClN2O. The number of hydrogen-bond donors (Lipinski definition) is 1. The molecule has 0 aliphatic carbocycles. The summed E-state index contributed by atoms with van der Waals surface area (Å²) < 4.78 is 0. The summed E-state index contributed by atoms with van der Waals surface area (Å²) in [5, 5.41) is 3.45. The highest BCUT2D eigenvalue weighted by Crippen LogP contribution is 2.29. The van der Waals surface area contributed by atoms with Crippen LogP contribution in [0.1, 0.15) is 46.5 Å². The minimum absolute atomic E-state index is 0. The van der Waals surface area contributed by atoms with Crippen molar-refractivity contribution in [3.8, 4) is 0 Å². The van der Waals surface area contributed by atoms with E-state index in [9.17, 15) is 4.79 Å². The highest BCUT2D eigenvalue weighted by molar-refractivity contribution is 5.85. The van der Waals surface area contributed by atoms with Gasteiger partial charge in [-0.3, -0.25) is 4.79 Å². The summed E-state index contributed by atoms with van der Waals surface area (Å²) in [6.07, 6.45) is 4.27. The summed E-state index contributed by atoms with van der Waals surface area (Å²) in [6.45, 7) is 8.68. The van der Waals surface area contributed by atoms with Gasteiger partial charge in [0.15, 0.2) is 0 Å². The Balaban J connectivity index is 0.00000162. The van der Waals surface area contributed by atoms with E-state index in [4.69, 9.17) is 0 Å². The molecule has 3 atom stereocenters. The van der Waals surface area contributed by atoms with Crippen LogP contribution in [0.25, 0.3) is 0 Å². The summed E-state index contributed by atoms with van der Waals surface area (Å²) >= 11 is 0. The zero-order valence-corrected chi connectivity index (χ0v) is 12.6. The van der Waals surface area contributed by atoms with Crippen LogP contribution in [0.5, 0.6) is 0 Å². The topological polar surface area (TPSA) is 32.3 Å². The molecule has 2 bridgehead atoms. The Labute approximate surface area is 117 Å². The largest absolute Gasteiger partial charge is 0.335 e. The van der Waals surface area contributed by atoms with Crippen LogP contribution < -0.4 is 5.32 Å². The average Bonchev–Trinajstić information content (AvgIpc) is 2.51. The van der Waals surface area contributed by atoms with Crippen LogP contribution >= 0.6 is 12.4 Å². The Morgan fingerprint density at radius 3 is 2.56 bits per heavy atom. The smallest absolute Gasteiger partial charge is 0.223 e. The molecule has 2 saturated heterocycles. The summed E-state index contributed by atoms with van der Waals surface area (Å²) in [6, 6.07) is 0.983. The number of carbonyl (C=O) groups excluding carboxylic acids is 1. The van der Waals surface area contributed by atoms with Crippen LogP contribution in [-0.2, 0) is 4.79 Å². The van der Waals surface area contributed by atoms with E-state index in [0.29, 0.717) is 29.8 Å². The van der Waals surface area contributed by atoms with Gasteiger partial charge in [-0.1, -0.05) is 20.8 Å². The molecule has 4 heteroatoms. The second kappa shape index (κ2) is 6.76. The zero-order chi connectivity index (χ0) is 12.4. The highest BCUT2D eigenvalue weighted by Gasteiger charge is 2.38. The number of hydrogen-bond acceptors (Lipinski definition) is 2. The molecule has 0 saturated carbocycles. The minimum atomic E-state index is 0. The molecule has 2 aliphatic rings. The van der Waals surface area contributed by atoms with E-state index < -0.39 is 0 Å². The predicted molar refractivity (Wildman–Crippen MR) is 77.0 cm³/mol. The third kappa shape index (κ3) is 3.39. The van der Waals surface area contributed by atoms with E-state index in [1.54, 1.807) is 0 Å². The first kappa shape index (κ1) is 15.8. The minimum Gasteiger partial charge on any atom is -0.335 e. The number of nitrogens with one attached hydrogen (secondary N) is 1. The van der Waals surface area contributed by atoms with Gasteiger partial charge in [-0.25, -0.2) is 0 Å². The van der Waals surface area contributed by atoms with Gasteiger partial charge < -0.3 is 10.2 Å². The summed E-state index contributed by atoms with van der Waals surface area (Å²) in [7, 11) is 0. The molecule has 2 fully saturated rings. The molecule has 2 heterocycles. The van der Waals surface area contributed by atoms with Gasteiger partial charge in [-0.2, -0.15) is 0 Å². The van der Waals surface area contributed by atoms with Crippen molar-refractivity contribution in [2.24, 2.45) is 11.8 Å². The van der Waals surface area contributed by atoms with E-state index in [2.05, 4.69) is 31.0 Å². The maximum atomic E-state index is 12.4. The maximum Gasteiger partial charge on any atom is 0.223 e. The molecule has 3 nitrogen and oxygen atoms in total. The first-order chi connectivity index (χ1) is 8.09. The first-order valence-corrected chi connectivity index (χ1v) is 7.11. The van der Waals surface area contributed by atoms with Crippen molar-refractivity contribution in [3.63, 3.8) is 0 Å². The Morgan fingerprint density at radius 1 is 1.22 bits per heavy atom. The molecule has 1 amide bonds. The van der Waals surface area contributed by atoms with Crippen LogP contribution in [-0.4, -0.2) is 36.0 Å². The van der Waals surface area contributed by atoms with Gasteiger partial charge in [0.2, 0.25) is 5.91 Å². The van der Waals surface area contributed by atoms with Crippen LogP contribution in [0.4, 0.5) is 0 Å². The molecule has 0 aromatic carbocycles. The maximum absolute atomic E-state index is 12.4. The van der Waals surface area contributed by atoms with Crippen molar-refractivity contribution in [1.29, 1.82) is 0 Å². The third-order valence-electron chi connectivity index (χ3n) is 4.58. The number of fused-ring (bicyclic) bond motifs is 2. The van der Waals surface area contributed by atoms with E-state index >= 15 is 0 Å². The number of carbonyl (C=O) groups is 1. The van der Waals surface area contributed by atoms with Gasteiger partial charge in [0.05, 0.1) is 0 Å². The van der Waals surface area contributed by atoms with Gasteiger partial charge in [0.25, 0.3) is 0 Å². The number of amides is 1. The Hall–Kier alpha value is -0.280. The Morgan fingerprint density at radius 2 is 1.89 bits per heavy atom. The van der Waals surface area contributed by atoms with Gasteiger partial charge in [-0.15, -0.1) is 12.4 Å². The molecule has 0 spiro atoms. The van der Waals surface area contributed by atoms with E-state index in [0.717, 1.165) is 25.9 Å². The van der Waals surface area contributed by atoms with Gasteiger partial charge >= 0.3 is 0 Å². The average molecular weight is 275 g/mol. The summed E-state index contributed by atoms with van der Waals surface area (Å²) in [5.74, 6) is 1.49. The van der Waals surface area contributed by atoms with E-state index in [1.807, 2.05) is 0 Å². The number of rotatable bonds is 3. The van der Waals surface area contributed by atoms with Gasteiger partial charge in [-0.05, 0) is 37.6 Å². The standard InChI is InChI=1S/C14H26N2O.ClH/c1-10(2)11(3)8-14(17)16-12-4-5-13(16)9-15-7-6-12;/h10-13,15H,4-9H2,1-3H3;1H. The molecule has 2 rings (SSSR count). The Kier molecular flexibility index (Phi) is 5.93. The molecule has 3 unspecified atom stereocenters. The van der Waals surface area contributed by atoms with Crippen molar-refractivity contribution in [3.05, 3.63) is 0 Å². The van der Waals surface area contributed by atoms with Crippen LogP contribution in [0.15, 0.2) is 0 Å². The lowest BCUT2D eigenvalue weighted by molar-refractivity contribution is -0.135. The number of halogens is 1. The normalized spacial score (nSPS) is 28.8. The monoisotopic (exact) mass is 274 g/mol. The quantitative estimate of drug-likeness (QED) is 0.857. The van der Waals surface area contributed by atoms with Gasteiger partial charge in [0, 0.05) is 25.0 Å². The fraction of sp³-hybridized carbons (Fsp3) is 0.929. The van der Waals surface area contributed by atoms with E-state index in [1.165, 1.54) is 12.8 Å². The van der Waals surface area contributed by atoms with Crippen LogP contribution in [0.3, 0.4) is 0 Å². The lowest BCUT2D eigenvalue weighted by Crippen LogP contribution is -2.43. The van der Waals surface area contributed by atoms with Crippen molar-refractivity contribution >= 4 is 18.3 Å². The summed E-state index contributed by atoms with van der Waals surface area (Å²) in [4.78, 5) is 14.6. The fourth-order valence-electron chi connectivity index (χ4n) is 3.01. The molecule has 106 valence electrons. The van der Waals surface area contributed by atoms with Crippen LogP contribution in [0, 0.1) is 11.8 Å². The lowest BCUT2D eigenvalue weighted by atomic mass is 9.94. The molecule has 2 aliphatic heterocycles. The van der Waals surface area contributed by atoms with Crippen LogP contribution in [0.2, 0.25) is 0 Å². The Bertz CT molecular complexity index is 269. The van der Waals surface area contributed by atoms with Crippen molar-refractivity contribution < 1.29 is 4.79 Å². The second-order valence-corrected chi connectivity index (χ2v) is 6.10. The molecule has 1 N–H and O–H groups in total. The zero-order valence-electron chi connectivity index (χ0n) is 11.8. The molecule has 0 radical (unpaired) electrons. The van der Waals surface area contributed by atoms with E-state index in [-0.39, 0.29) is 12.4 Å². The van der Waals surface area contributed by atoms with Crippen molar-refractivity contribution in [1.82, 2.24) is 10.2 Å². The highest BCUT2D eigenvalue weighted by atomic mass is 35.5.